The summed E-state index contributed by atoms with van der Waals surface area (Å²) in [7, 11) is -4.85. The quantitative estimate of drug-likeness (QED) is 0.152. The molecule has 0 aromatic heterocycles. The number of hydrogen-bond donors (Lipinski definition) is 2. The maximum atomic E-state index is 11.5. The van der Waals surface area contributed by atoms with Gasteiger partial charge in [-0.1, -0.05) is 104 Å². The molecule has 7 heteroatoms. The first kappa shape index (κ1) is 31.4. The number of phenolic OH excluding ortho intramolecular Hbond substituents is 2. The van der Waals surface area contributed by atoms with E-state index in [1.807, 2.05) is 0 Å². The van der Waals surface area contributed by atoms with E-state index in [4.69, 9.17) is 0 Å². The monoisotopic (exact) mass is 480 g/mol. The number of hydrogen-bond acceptors (Lipinski definition) is 5. The fourth-order valence-electron chi connectivity index (χ4n) is 4.11. The summed E-state index contributed by atoms with van der Waals surface area (Å²) in [6, 6.07) is 2.28. The first-order chi connectivity index (χ1) is 14.3. The van der Waals surface area contributed by atoms with E-state index in [1.165, 1.54) is 76.7 Å². The summed E-state index contributed by atoms with van der Waals surface area (Å²) >= 11 is 0. The molecule has 1 aromatic rings. The Balaban J connectivity index is 0.00000900. The number of benzene rings is 1. The Morgan fingerprint density at radius 3 is 1.58 bits per heavy atom. The normalized spacial score (nSPS) is 12.5. The molecule has 0 aliphatic rings. The SMILES string of the molecule is CCCCCCCCCCCCCCCCC(C)c1c(O)ccc(O)c1S(=O)(=O)[O-].[K+]. The van der Waals surface area contributed by atoms with Crippen molar-refractivity contribution in [2.24, 2.45) is 0 Å². The number of aromatic hydroxyl groups is 2. The van der Waals surface area contributed by atoms with E-state index >= 15 is 0 Å². The van der Waals surface area contributed by atoms with Gasteiger partial charge >= 0.3 is 51.4 Å². The first-order valence-corrected chi connectivity index (χ1v) is 13.2. The third kappa shape index (κ3) is 13.0. The second-order valence-corrected chi connectivity index (χ2v) is 9.90. The van der Waals surface area contributed by atoms with Crippen LogP contribution >= 0.6 is 0 Å². The van der Waals surface area contributed by atoms with Crippen molar-refractivity contribution in [3.05, 3.63) is 17.7 Å². The standard InChI is InChI=1S/C24H42O5S.K/c1-3-4-5-6-7-8-9-10-11-12-13-14-15-16-17-20(2)23-21(25)18-19-22(26)24(23)30(27,28)29;/h18-20,25-26H,3-17H2,1-2H3,(H,27,28,29);/q;+1/p-1. The van der Waals surface area contributed by atoms with Gasteiger partial charge in [-0.3, -0.25) is 0 Å². The van der Waals surface area contributed by atoms with Crippen molar-refractivity contribution in [3.8, 4) is 11.5 Å². The predicted octanol–water partition coefficient (Wildman–Crippen LogP) is 3.98. The molecule has 0 radical (unpaired) electrons. The van der Waals surface area contributed by atoms with Crippen molar-refractivity contribution >= 4 is 10.1 Å². The van der Waals surface area contributed by atoms with Crippen molar-refractivity contribution in [2.45, 2.75) is 121 Å². The van der Waals surface area contributed by atoms with Gasteiger partial charge in [0.05, 0.1) is 0 Å². The number of rotatable bonds is 17. The van der Waals surface area contributed by atoms with Crippen molar-refractivity contribution in [1.82, 2.24) is 0 Å². The van der Waals surface area contributed by atoms with Crippen LogP contribution in [0.25, 0.3) is 0 Å². The Bertz CT molecular complexity index is 706. The van der Waals surface area contributed by atoms with Crippen LogP contribution in [0.2, 0.25) is 0 Å². The summed E-state index contributed by atoms with van der Waals surface area (Å²) in [6.45, 7) is 4.03. The van der Waals surface area contributed by atoms with E-state index < -0.39 is 20.8 Å². The topological polar surface area (TPSA) is 97.7 Å². The molecule has 0 aliphatic carbocycles. The van der Waals surface area contributed by atoms with Gasteiger partial charge in [-0.05, 0) is 24.5 Å². The Morgan fingerprint density at radius 1 is 0.774 bits per heavy atom. The van der Waals surface area contributed by atoms with Crippen molar-refractivity contribution < 1.29 is 74.6 Å². The van der Waals surface area contributed by atoms with Crippen LogP contribution < -0.4 is 51.4 Å². The van der Waals surface area contributed by atoms with E-state index in [9.17, 15) is 23.2 Å². The average Bonchev–Trinajstić information content (AvgIpc) is 2.68. The van der Waals surface area contributed by atoms with Crippen LogP contribution in [0, 0.1) is 0 Å². The number of unbranched alkanes of at least 4 members (excludes halogenated alkanes) is 13. The Kier molecular flexibility index (Phi) is 18.0. The van der Waals surface area contributed by atoms with Gasteiger partial charge in [0, 0.05) is 5.56 Å². The van der Waals surface area contributed by atoms with Crippen molar-refractivity contribution in [3.63, 3.8) is 0 Å². The molecule has 0 aliphatic heterocycles. The summed E-state index contributed by atoms with van der Waals surface area (Å²) in [5, 5.41) is 19.9. The second kappa shape index (κ2) is 17.8. The average molecular weight is 481 g/mol. The minimum atomic E-state index is -4.85. The molecule has 0 saturated heterocycles. The Hall–Kier alpha value is 0.366. The van der Waals surface area contributed by atoms with E-state index in [1.54, 1.807) is 6.92 Å². The van der Waals surface area contributed by atoms with E-state index in [2.05, 4.69) is 6.92 Å². The summed E-state index contributed by atoms with van der Waals surface area (Å²) < 4.78 is 34.5. The molecule has 5 nitrogen and oxygen atoms in total. The molecule has 1 atom stereocenters. The Morgan fingerprint density at radius 2 is 1.16 bits per heavy atom. The molecular weight excluding hydrogens is 439 g/mol. The molecule has 0 amide bonds. The number of phenols is 2. The molecule has 0 fully saturated rings. The third-order valence-electron chi connectivity index (χ3n) is 5.89. The molecule has 0 spiro atoms. The minimum Gasteiger partial charge on any atom is -0.744 e. The molecular formula is C24H41KO5S. The van der Waals surface area contributed by atoms with Gasteiger partial charge < -0.3 is 14.8 Å². The zero-order valence-corrected chi connectivity index (χ0v) is 23.8. The van der Waals surface area contributed by atoms with Crippen LogP contribution in [0.4, 0.5) is 0 Å². The van der Waals surface area contributed by atoms with Gasteiger partial charge in [0.2, 0.25) is 0 Å². The van der Waals surface area contributed by atoms with Crippen LogP contribution in [-0.2, 0) is 10.1 Å². The van der Waals surface area contributed by atoms with Gasteiger partial charge in [0.1, 0.15) is 26.5 Å². The fourth-order valence-corrected chi connectivity index (χ4v) is 5.01. The van der Waals surface area contributed by atoms with E-state index in [0.717, 1.165) is 25.3 Å². The molecule has 0 heterocycles. The van der Waals surface area contributed by atoms with Gasteiger partial charge in [-0.15, -0.1) is 0 Å². The largest absolute Gasteiger partial charge is 1.00 e. The zero-order valence-electron chi connectivity index (χ0n) is 19.9. The molecule has 0 saturated carbocycles. The summed E-state index contributed by atoms with van der Waals surface area (Å²) in [6.07, 6.45) is 18.4. The Labute approximate surface area is 232 Å². The van der Waals surface area contributed by atoms with Crippen molar-refractivity contribution in [2.75, 3.05) is 0 Å². The van der Waals surface area contributed by atoms with Crippen LogP contribution in [-0.4, -0.2) is 23.2 Å². The van der Waals surface area contributed by atoms with E-state index in [-0.39, 0.29) is 68.6 Å². The predicted molar refractivity (Wildman–Crippen MR) is 121 cm³/mol. The second-order valence-electron chi connectivity index (χ2n) is 8.59. The van der Waals surface area contributed by atoms with Crippen LogP contribution in [0.5, 0.6) is 11.5 Å². The van der Waals surface area contributed by atoms with Gasteiger partial charge in [0.25, 0.3) is 0 Å². The van der Waals surface area contributed by atoms with Gasteiger partial charge in [0.15, 0.2) is 0 Å². The molecule has 0 bridgehead atoms. The molecule has 1 rings (SSSR count). The smallest absolute Gasteiger partial charge is 0.744 e. The first-order valence-electron chi connectivity index (χ1n) is 11.8. The van der Waals surface area contributed by atoms with E-state index in [0.29, 0.717) is 6.42 Å². The zero-order chi connectivity index (χ0) is 22.4. The molecule has 1 aromatic carbocycles. The van der Waals surface area contributed by atoms with Gasteiger partial charge in [-0.2, -0.15) is 0 Å². The van der Waals surface area contributed by atoms with Crippen molar-refractivity contribution in [1.29, 1.82) is 0 Å². The summed E-state index contributed by atoms with van der Waals surface area (Å²) in [5.41, 5.74) is 0.0414. The minimum absolute atomic E-state index is 0. The molecule has 174 valence electrons. The van der Waals surface area contributed by atoms with Crippen LogP contribution in [0.3, 0.4) is 0 Å². The van der Waals surface area contributed by atoms with Crippen LogP contribution in [0.15, 0.2) is 17.0 Å². The van der Waals surface area contributed by atoms with Crippen LogP contribution in [0.1, 0.15) is 122 Å². The molecule has 2 N–H and O–H groups in total. The molecule has 31 heavy (non-hydrogen) atoms. The summed E-state index contributed by atoms with van der Waals surface area (Å²) in [4.78, 5) is -0.680. The fraction of sp³-hybridized carbons (Fsp3) is 0.750. The molecule has 1 unspecified atom stereocenters. The maximum Gasteiger partial charge on any atom is 1.00 e. The van der Waals surface area contributed by atoms with Gasteiger partial charge in [-0.25, -0.2) is 8.42 Å². The summed E-state index contributed by atoms with van der Waals surface area (Å²) in [5.74, 6) is -1.15. The maximum absolute atomic E-state index is 11.5. The third-order valence-corrected chi connectivity index (χ3v) is 6.81.